The third kappa shape index (κ3) is 4.22. The average Bonchev–Trinajstić information content (AvgIpc) is 2.69. The molecule has 0 amide bonds. The van der Waals surface area contributed by atoms with Gasteiger partial charge in [0.25, 0.3) is 0 Å². The molecule has 1 aromatic rings. The van der Waals surface area contributed by atoms with Gasteiger partial charge in [-0.2, -0.15) is 0 Å². The van der Waals surface area contributed by atoms with Crippen LogP contribution in [0.5, 0.6) is 5.75 Å². The van der Waals surface area contributed by atoms with Crippen LogP contribution in [0.25, 0.3) is 0 Å². The zero-order chi connectivity index (χ0) is 14.4. The lowest BCUT2D eigenvalue weighted by Gasteiger charge is -2.22. The minimum atomic E-state index is 0.0774. The van der Waals surface area contributed by atoms with Gasteiger partial charge in [0.15, 0.2) is 0 Å². The first-order valence-electron chi connectivity index (χ1n) is 7.94. The third-order valence-corrected chi connectivity index (χ3v) is 4.00. The Kier molecular flexibility index (Phi) is 5.86. The van der Waals surface area contributed by atoms with Crippen molar-refractivity contribution in [1.82, 2.24) is 4.90 Å². The van der Waals surface area contributed by atoms with Crippen molar-refractivity contribution in [2.75, 3.05) is 19.7 Å². The number of nitrogens with zero attached hydrogens (tertiary/aromatic N) is 1. The highest BCUT2D eigenvalue weighted by Crippen LogP contribution is 2.25. The molecule has 3 nitrogen and oxygen atoms in total. The van der Waals surface area contributed by atoms with Gasteiger partial charge in [-0.1, -0.05) is 18.9 Å². The molecule has 0 aliphatic carbocycles. The number of likely N-dealkylation sites (tertiary alicyclic amines) is 1. The van der Waals surface area contributed by atoms with Gasteiger partial charge in [0, 0.05) is 18.2 Å². The van der Waals surface area contributed by atoms with Crippen molar-refractivity contribution in [3.8, 4) is 5.75 Å². The van der Waals surface area contributed by atoms with Crippen LogP contribution in [-0.2, 0) is 6.54 Å². The summed E-state index contributed by atoms with van der Waals surface area (Å²) in [7, 11) is 0. The fourth-order valence-corrected chi connectivity index (χ4v) is 2.84. The van der Waals surface area contributed by atoms with Gasteiger partial charge in [0.1, 0.15) is 5.75 Å². The predicted octanol–water partition coefficient (Wildman–Crippen LogP) is 3.48. The van der Waals surface area contributed by atoms with Crippen LogP contribution in [0.4, 0.5) is 0 Å². The summed E-state index contributed by atoms with van der Waals surface area (Å²) in [6, 6.07) is 6.46. The largest absolute Gasteiger partial charge is 0.494 e. The summed E-state index contributed by atoms with van der Waals surface area (Å²) in [5.74, 6) is 1.01. The molecule has 0 aromatic heterocycles. The first kappa shape index (κ1) is 15.3. The molecule has 0 radical (unpaired) electrons. The molecule has 1 saturated heterocycles. The van der Waals surface area contributed by atoms with Crippen molar-refractivity contribution >= 4 is 0 Å². The molecular weight excluding hydrogens is 248 g/mol. The van der Waals surface area contributed by atoms with E-state index >= 15 is 0 Å². The topological polar surface area (TPSA) is 38.5 Å². The van der Waals surface area contributed by atoms with Gasteiger partial charge in [0.2, 0.25) is 0 Å². The molecule has 1 aromatic carbocycles. The number of benzene rings is 1. The first-order valence-corrected chi connectivity index (χ1v) is 7.94. The second-order valence-corrected chi connectivity index (χ2v) is 5.78. The van der Waals surface area contributed by atoms with Gasteiger partial charge >= 0.3 is 0 Å². The Balaban J connectivity index is 2.15. The zero-order valence-corrected chi connectivity index (χ0v) is 12.9. The van der Waals surface area contributed by atoms with E-state index in [1.165, 1.54) is 49.9 Å². The Morgan fingerprint density at radius 2 is 1.90 bits per heavy atom. The van der Waals surface area contributed by atoms with E-state index in [0.717, 1.165) is 12.3 Å². The monoisotopic (exact) mass is 276 g/mol. The normalized spacial score (nSPS) is 18.6. The maximum Gasteiger partial charge on any atom is 0.123 e. The van der Waals surface area contributed by atoms with Crippen LogP contribution >= 0.6 is 0 Å². The highest BCUT2D eigenvalue weighted by molar-refractivity contribution is 5.38. The van der Waals surface area contributed by atoms with Crippen molar-refractivity contribution in [2.45, 2.75) is 52.1 Å². The van der Waals surface area contributed by atoms with Gasteiger partial charge < -0.3 is 10.5 Å². The van der Waals surface area contributed by atoms with Gasteiger partial charge in [0.05, 0.1) is 6.61 Å². The molecule has 0 saturated carbocycles. The molecule has 1 aliphatic rings. The Morgan fingerprint density at radius 1 is 1.20 bits per heavy atom. The summed E-state index contributed by atoms with van der Waals surface area (Å²) in [5.41, 5.74) is 8.48. The SMILES string of the molecule is CCOc1ccc(C(C)N)cc1CN1CCCCCC1. The van der Waals surface area contributed by atoms with E-state index in [4.69, 9.17) is 10.5 Å². The van der Waals surface area contributed by atoms with E-state index < -0.39 is 0 Å². The van der Waals surface area contributed by atoms with E-state index in [2.05, 4.69) is 23.1 Å². The number of hydrogen-bond donors (Lipinski definition) is 1. The van der Waals surface area contributed by atoms with Crippen molar-refractivity contribution < 1.29 is 4.74 Å². The predicted molar refractivity (Wildman–Crippen MR) is 84.0 cm³/mol. The van der Waals surface area contributed by atoms with Crippen LogP contribution in [0.1, 0.15) is 56.7 Å². The smallest absolute Gasteiger partial charge is 0.123 e. The van der Waals surface area contributed by atoms with Gasteiger partial charge in [-0.3, -0.25) is 4.90 Å². The number of nitrogens with two attached hydrogens (primary N) is 1. The Morgan fingerprint density at radius 3 is 2.50 bits per heavy atom. The van der Waals surface area contributed by atoms with Crippen LogP contribution in [0.2, 0.25) is 0 Å². The fourth-order valence-electron chi connectivity index (χ4n) is 2.84. The molecule has 0 spiro atoms. The van der Waals surface area contributed by atoms with Crippen LogP contribution in [-0.4, -0.2) is 24.6 Å². The van der Waals surface area contributed by atoms with Crippen molar-refractivity contribution in [2.24, 2.45) is 5.73 Å². The fraction of sp³-hybridized carbons (Fsp3) is 0.647. The molecule has 1 aliphatic heterocycles. The van der Waals surface area contributed by atoms with Crippen molar-refractivity contribution in [3.05, 3.63) is 29.3 Å². The summed E-state index contributed by atoms with van der Waals surface area (Å²) in [4.78, 5) is 2.55. The van der Waals surface area contributed by atoms with Gasteiger partial charge in [-0.15, -0.1) is 0 Å². The van der Waals surface area contributed by atoms with Crippen molar-refractivity contribution in [1.29, 1.82) is 0 Å². The maximum absolute atomic E-state index is 6.01. The number of hydrogen-bond acceptors (Lipinski definition) is 3. The minimum Gasteiger partial charge on any atom is -0.494 e. The zero-order valence-electron chi connectivity index (χ0n) is 12.9. The second kappa shape index (κ2) is 7.65. The quantitative estimate of drug-likeness (QED) is 0.895. The lowest BCUT2D eigenvalue weighted by Crippen LogP contribution is -2.24. The average molecular weight is 276 g/mol. The summed E-state index contributed by atoms with van der Waals surface area (Å²) in [5, 5.41) is 0. The lowest BCUT2D eigenvalue weighted by molar-refractivity contribution is 0.267. The van der Waals surface area contributed by atoms with Crippen LogP contribution < -0.4 is 10.5 Å². The molecule has 1 unspecified atom stereocenters. The summed E-state index contributed by atoms with van der Waals surface area (Å²) in [6.45, 7) is 8.17. The van der Waals surface area contributed by atoms with Crippen LogP contribution in [0.3, 0.4) is 0 Å². The molecule has 20 heavy (non-hydrogen) atoms. The highest BCUT2D eigenvalue weighted by Gasteiger charge is 2.13. The molecular formula is C17H28N2O. The van der Waals surface area contributed by atoms with E-state index in [1.54, 1.807) is 0 Å². The molecule has 0 bridgehead atoms. The van der Waals surface area contributed by atoms with Crippen molar-refractivity contribution in [3.63, 3.8) is 0 Å². The van der Waals surface area contributed by atoms with Gasteiger partial charge in [-0.25, -0.2) is 0 Å². The number of rotatable bonds is 5. The van der Waals surface area contributed by atoms with E-state index in [-0.39, 0.29) is 6.04 Å². The standard InChI is InChI=1S/C17H28N2O/c1-3-20-17-9-8-15(14(2)18)12-16(17)13-19-10-6-4-5-7-11-19/h8-9,12,14H,3-7,10-11,13,18H2,1-2H3. The van der Waals surface area contributed by atoms with E-state index in [0.29, 0.717) is 6.61 Å². The maximum atomic E-state index is 6.01. The first-order chi connectivity index (χ1) is 9.70. The Labute approximate surface area is 123 Å². The highest BCUT2D eigenvalue weighted by atomic mass is 16.5. The third-order valence-electron chi connectivity index (χ3n) is 4.00. The summed E-state index contributed by atoms with van der Waals surface area (Å²) < 4.78 is 5.78. The molecule has 2 rings (SSSR count). The minimum absolute atomic E-state index is 0.0774. The Bertz CT molecular complexity index is 409. The second-order valence-electron chi connectivity index (χ2n) is 5.78. The molecule has 1 atom stereocenters. The molecule has 1 heterocycles. The molecule has 112 valence electrons. The number of ether oxygens (including phenoxy) is 1. The summed E-state index contributed by atoms with van der Waals surface area (Å²) in [6.07, 6.45) is 5.37. The lowest BCUT2D eigenvalue weighted by atomic mass is 10.0. The van der Waals surface area contributed by atoms with E-state index in [9.17, 15) is 0 Å². The van der Waals surface area contributed by atoms with Crippen LogP contribution in [0, 0.1) is 0 Å². The summed E-state index contributed by atoms with van der Waals surface area (Å²) >= 11 is 0. The molecule has 1 fully saturated rings. The van der Waals surface area contributed by atoms with Gasteiger partial charge in [-0.05, 0) is 57.5 Å². The van der Waals surface area contributed by atoms with Crippen LogP contribution in [0.15, 0.2) is 18.2 Å². The molecule has 2 N–H and O–H groups in total. The Hall–Kier alpha value is -1.06. The molecule has 3 heteroatoms. The van der Waals surface area contributed by atoms with E-state index in [1.807, 2.05) is 13.8 Å².